The molecule has 0 radical (unpaired) electrons. The van der Waals surface area contributed by atoms with Gasteiger partial charge in [0.2, 0.25) is 0 Å². The van der Waals surface area contributed by atoms with E-state index in [9.17, 15) is 0 Å². The van der Waals surface area contributed by atoms with E-state index < -0.39 is 0 Å². The van der Waals surface area contributed by atoms with Gasteiger partial charge in [-0.05, 0) is 47.5 Å². The fourth-order valence-electron chi connectivity index (χ4n) is 3.27. The first-order chi connectivity index (χ1) is 9.36. The highest BCUT2D eigenvalue weighted by Crippen LogP contribution is 2.37. The van der Waals surface area contributed by atoms with Gasteiger partial charge in [-0.15, -0.1) is 0 Å². The Bertz CT molecular complexity index is 514. The van der Waals surface area contributed by atoms with Crippen molar-refractivity contribution in [2.45, 2.75) is 66.0 Å². The molecule has 1 atom stereocenters. The maximum Gasteiger partial charge on any atom is 0.0766 e. The van der Waals surface area contributed by atoms with E-state index in [4.69, 9.17) is 5.73 Å². The molecule has 0 saturated carbocycles. The van der Waals surface area contributed by atoms with Crippen LogP contribution in [0.3, 0.4) is 0 Å². The van der Waals surface area contributed by atoms with Crippen molar-refractivity contribution < 1.29 is 0 Å². The molecule has 0 spiro atoms. The molecular weight excluding hydrogens is 314 g/mol. The molecule has 2 N–H and O–H groups in total. The number of halogens is 1. The number of hydrogen-bond donors (Lipinski definition) is 1. The molecular formula is C16H26BrN3. The number of allylic oxidation sites excluding steroid dienone is 1. The van der Waals surface area contributed by atoms with Crippen LogP contribution in [0.5, 0.6) is 0 Å². The average molecular weight is 340 g/mol. The van der Waals surface area contributed by atoms with Crippen molar-refractivity contribution >= 4 is 15.9 Å². The summed E-state index contributed by atoms with van der Waals surface area (Å²) in [6.45, 7) is 9.83. The van der Waals surface area contributed by atoms with Gasteiger partial charge in [-0.2, -0.15) is 5.10 Å². The van der Waals surface area contributed by atoms with E-state index in [1.165, 1.54) is 15.7 Å². The number of nitrogens with zero attached hydrogens (tertiary/aromatic N) is 2. The highest BCUT2D eigenvalue weighted by Gasteiger charge is 2.28. The zero-order chi connectivity index (χ0) is 14.9. The normalized spacial score (nSPS) is 21.9. The Morgan fingerprint density at radius 3 is 2.70 bits per heavy atom. The molecule has 0 saturated heterocycles. The lowest BCUT2D eigenvalue weighted by molar-refractivity contribution is 0.299. The van der Waals surface area contributed by atoms with Crippen LogP contribution in [0.1, 0.15) is 51.9 Å². The van der Waals surface area contributed by atoms with Crippen molar-refractivity contribution in [3.8, 4) is 0 Å². The Labute approximate surface area is 130 Å². The van der Waals surface area contributed by atoms with Gasteiger partial charge in [-0.1, -0.05) is 32.4 Å². The van der Waals surface area contributed by atoms with E-state index in [0.29, 0.717) is 5.41 Å². The monoisotopic (exact) mass is 339 g/mol. The zero-order valence-corrected chi connectivity index (χ0v) is 14.6. The third kappa shape index (κ3) is 3.34. The van der Waals surface area contributed by atoms with E-state index in [1.807, 2.05) is 0 Å². The molecule has 112 valence electrons. The molecule has 0 amide bonds. The smallest absolute Gasteiger partial charge is 0.0766 e. The molecule has 3 nitrogen and oxygen atoms in total. The second kappa shape index (κ2) is 6.02. The van der Waals surface area contributed by atoms with Gasteiger partial charge in [-0.25, -0.2) is 0 Å². The fraction of sp³-hybridized carbons (Fsp3) is 0.688. The second-order valence-corrected chi connectivity index (χ2v) is 7.38. The van der Waals surface area contributed by atoms with Crippen LogP contribution in [0.25, 0.3) is 0 Å². The van der Waals surface area contributed by atoms with Gasteiger partial charge in [0.25, 0.3) is 0 Å². The molecule has 4 heteroatoms. The van der Waals surface area contributed by atoms with Gasteiger partial charge >= 0.3 is 0 Å². The Hall–Kier alpha value is -0.610. The van der Waals surface area contributed by atoms with Crippen LogP contribution in [0.15, 0.2) is 16.1 Å². The summed E-state index contributed by atoms with van der Waals surface area (Å²) in [6, 6.07) is 0.191. The molecule has 1 aromatic heterocycles. The summed E-state index contributed by atoms with van der Waals surface area (Å²) in [6.07, 6.45) is 6.38. The van der Waals surface area contributed by atoms with E-state index in [2.05, 4.69) is 59.5 Å². The summed E-state index contributed by atoms with van der Waals surface area (Å²) in [4.78, 5) is 0. The van der Waals surface area contributed by atoms with Crippen LogP contribution in [0.4, 0.5) is 0 Å². The van der Waals surface area contributed by atoms with Crippen molar-refractivity contribution in [1.29, 1.82) is 0 Å². The molecule has 2 rings (SSSR count). The lowest BCUT2D eigenvalue weighted by atomic mass is 9.74. The predicted molar refractivity (Wildman–Crippen MR) is 87.8 cm³/mol. The van der Waals surface area contributed by atoms with Crippen LogP contribution in [0, 0.1) is 5.41 Å². The first-order valence-corrected chi connectivity index (χ1v) is 8.34. The Morgan fingerprint density at radius 1 is 1.45 bits per heavy atom. The summed E-state index contributed by atoms with van der Waals surface area (Å²) >= 11 is 3.73. The fourth-order valence-corrected chi connectivity index (χ4v) is 3.97. The minimum Gasteiger partial charge on any atom is -0.324 e. The number of aromatic nitrogens is 2. The molecule has 0 bridgehead atoms. The van der Waals surface area contributed by atoms with Gasteiger partial charge in [0.15, 0.2) is 0 Å². The molecule has 1 aliphatic carbocycles. The summed E-state index contributed by atoms with van der Waals surface area (Å²) in [5.74, 6) is 0. The molecule has 0 fully saturated rings. The van der Waals surface area contributed by atoms with Crippen molar-refractivity contribution in [3.05, 3.63) is 27.5 Å². The van der Waals surface area contributed by atoms with Crippen molar-refractivity contribution in [2.75, 3.05) is 0 Å². The van der Waals surface area contributed by atoms with Crippen LogP contribution in [0.2, 0.25) is 0 Å². The topological polar surface area (TPSA) is 43.8 Å². The van der Waals surface area contributed by atoms with E-state index in [1.54, 1.807) is 0 Å². The van der Waals surface area contributed by atoms with Gasteiger partial charge in [0.05, 0.1) is 15.9 Å². The minimum absolute atomic E-state index is 0.191. The lowest BCUT2D eigenvalue weighted by Crippen LogP contribution is -2.31. The van der Waals surface area contributed by atoms with Crippen molar-refractivity contribution in [1.82, 2.24) is 9.78 Å². The SMILES string of the molecule is CCc1nn(CC)c(CC2=CC(N)CC(C)(C)C2)c1Br. The van der Waals surface area contributed by atoms with Gasteiger partial charge in [0, 0.05) is 19.0 Å². The summed E-state index contributed by atoms with van der Waals surface area (Å²) in [5.41, 5.74) is 10.4. The Kier molecular flexibility index (Phi) is 4.75. The molecule has 1 aliphatic rings. The van der Waals surface area contributed by atoms with Crippen LogP contribution >= 0.6 is 15.9 Å². The van der Waals surface area contributed by atoms with E-state index >= 15 is 0 Å². The maximum atomic E-state index is 6.18. The third-order valence-corrected chi connectivity index (χ3v) is 4.95. The van der Waals surface area contributed by atoms with Crippen LogP contribution in [-0.2, 0) is 19.4 Å². The number of nitrogens with two attached hydrogens (primary N) is 1. The molecule has 0 aliphatic heterocycles. The Balaban J connectivity index is 2.28. The van der Waals surface area contributed by atoms with Crippen LogP contribution in [-0.4, -0.2) is 15.8 Å². The van der Waals surface area contributed by atoms with E-state index in [-0.39, 0.29) is 6.04 Å². The van der Waals surface area contributed by atoms with Gasteiger partial charge < -0.3 is 5.73 Å². The van der Waals surface area contributed by atoms with Gasteiger partial charge in [-0.3, -0.25) is 4.68 Å². The first-order valence-electron chi connectivity index (χ1n) is 7.55. The lowest BCUT2D eigenvalue weighted by Gasteiger charge is -2.33. The van der Waals surface area contributed by atoms with Crippen LogP contribution < -0.4 is 5.73 Å². The van der Waals surface area contributed by atoms with Crippen molar-refractivity contribution in [3.63, 3.8) is 0 Å². The number of rotatable bonds is 4. The molecule has 20 heavy (non-hydrogen) atoms. The predicted octanol–water partition coefficient (Wildman–Crippen LogP) is 3.84. The van der Waals surface area contributed by atoms with E-state index in [0.717, 1.165) is 37.9 Å². The minimum atomic E-state index is 0.191. The largest absolute Gasteiger partial charge is 0.324 e. The molecule has 1 heterocycles. The highest BCUT2D eigenvalue weighted by atomic mass is 79.9. The first kappa shape index (κ1) is 15.8. The van der Waals surface area contributed by atoms with Crippen molar-refractivity contribution in [2.24, 2.45) is 11.1 Å². The Morgan fingerprint density at radius 2 is 2.15 bits per heavy atom. The standard InChI is InChI=1S/C16H26BrN3/c1-5-13-15(17)14(20(6-2)19-13)8-11-7-12(18)10-16(3,4)9-11/h7,12H,5-6,8-10,18H2,1-4H3. The maximum absolute atomic E-state index is 6.18. The quantitative estimate of drug-likeness (QED) is 0.846. The summed E-state index contributed by atoms with van der Waals surface area (Å²) in [7, 11) is 0. The summed E-state index contributed by atoms with van der Waals surface area (Å²) < 4.78 is 3.30. The molecule has 1 unspecified atom stereocenters. The highest BCUT2D eigenvalue weighted by molar-refractivity contribution is 9.10. The van der Waals surface area contributed by atoms with Gasteiger partial charge in [0.1, 0.15) is 0 Å². The molecule has 1 aromatic rings. The summed E-state index contributed by atoms with van der Waals surface area (Å²) in [5, 5.41) is 4.68. The third-order valence-electron chi connectivity index (χ3n) is 4.03. The number of aryl methyl sites for hydroxylation is 2. The number of hydrogen-bond acceptors (Lipinski definition) is 2. The zero-order valence-electron chi connectivity index (χ0n) is 13.0. The second-order valence-electron chi connectivity index (χ2n) is 6.59. The molecule has 0 aromatic carbocycles. The average Bonchev–Trinajstić information content (AvgIpc) is 2.63.